The first-order valence-corrected chi connectivity index (χ1v) is 3.56. The minimum Gasteiger partial charge on any atom is -0.224 e. The Morgan fingerprint density at radius 1 is 1.71 bits per heavy atom. The summed E-state index contributed by atoms with van der Waals surface area (Å²) in [5.74, 6) is 0. The normalized spacial score (nSPS) is 38.3. The molecule has 7 heavy (non-hydrogen) atoms. The Hall–Kier alpha value is -0.310. The van der Waals surface area contributed by atoms with Crippen LogP contribution in [0.4, 0.5) is 0 Å². The molecule has 0 aliphatic carbocycles. The van der Waals surface area contributed by atoms with Crippen molar-refractivity contribution in [3.8, 4) is 0 Å². The Morgan fingerprint density at radius 3 is 2.57 bits per heavy atom. The molecule has 40 valence electrons. The van der Waals surface area contributed by atoms with Crippen LogP contribution in [-0.2, 0) is 9.84 Å². The minimum atomic E-state index is -3.14. The number of hydrogen-bond acceptors (Lipinski definition) is 2. The highest BCUT2D eigenvalue weighted by Gasteiger charge is 2.08. The molecule has 1 atom stereocenters. The first-order chi connectivity index (χ1) is 3.63. The van der Waals surface area contributed by atoms with Crippen molar-refractivity contribution in [1.82, 2.24) is 0 Å². The third kappa shape index (κ3) is 1.03. The molecular formula is C4H6O2S. The lowest BCUT2D eigenvalue weighted by atomic mass is 10.5. The molecule has 0 N–H and O–H groups in total. The van der Waals surface area contributed by atoms with Crippen LogP contribution in [-0.4, -0.2) is 14.1 Å². The fourth-order valence-electron chi connectivity index (χ4n) is 0.435. The van der Waals surface area contributed by atoms with Crippen LogP contribution in [0.2, 0.25) is 0 Å². The third-order valence-corrected chi connectivity index (χ3v) is 1.98. The van der Waals surface area contributed by atoms with Gasteiger partial charge >= 0.3 is 0 Å². The van der Waals surface area contributed by atoms with Gasteiger partial charge in [-0.25, -0.2) is 8.42 Å². The summed E-state index contributed by atoms with van der Waals surface area (Å²) >= 11 is 0. The van der Waals surface area contributed by atoms with E-state index in [2.05, 4.69) is 0 Å². The Labute approximate surface area is 44.2 Å². The molecule has 1 heterocycles. The monoisotopic (exact) mass is 119 g/mol. The fraction of sp³-hybridized carbons (Fsp3) is 0.500. The average Bonchev–Trinajstić information content (AvgIpc) is 1.86. The second-order valence-electron chi connectivity index (χ2n) is 1.36. The Morgan fingerprint density at radius 2 is 2.43 bits per heavy atom. The Balaban J connectivity index is 3.01. The van der Waals surface area contributed by atoms with E-state index in [4.69, 9.17) is 1.37 Å². The third-order valence-electron chi connectivity index (χ3n) is 0.751. The average molecular weight is 119 g/mol. The molecular weight excluding hydrogens is 112 g/mol. The second-order valence-corrected chi connectivity index (χ2v) is 3.15. The molecule has 0 spiro atoms. The predicted molar refractivity (Wildman–Crippen MR) is 27.5 cm³/mol. The maximum absolute atomic E-state index is 10.5. The van der Waals surface area contributed by atoms with Gasteiger partial charge in [-0.1, -0.05) is 6.08 Å². The van der Waals surface area contributed by atoms with Crippen molar-refractivity contribution in [2.45, 2.75) is 6.42 Å². The summed E-state index contributed by atoms with van der Waals surface area (Å²) in [4.78, 5) is 0. The molecule has 1 unspecified atom stereocenters. The number of allylic oxidation sites excluding steroid dienone is 1. The van der Waals surface area contributed by atoms with Gasteiger partial charge in [0, 0.05) is 6.78 Å². The summed E-state index contributed by atoms with van der Waals surface area (Å²) in [5, 5.41) is 1.10. The fourth-order valence-corrected chi connectivity index (χ4v) is 1.30. The van der Waals surface area contributed by atoms with E-state index in [0.29, 0.717) is 6.42 Å². The molecule has 1 aliphatic heterocycles. The van der Waals surface area contributed by atoms with Crippen molar-refractivity contribution in [2.24, 2.45) is 0 Å². The van der Waals surface area contributed by atoms with Crippen LogP contribution in [0.3, 0.4) is 0 Å². The topological polar surface area (TPSA) is 34.1 Å². The molecule has 1 rings (SSSR count). The molecule has 1 aliphatic rings. The first-order valence-electron chi connectivity index (χ1n) is 2.53. The Bertz CT molecular complexity index is 204. The van der Waals surface area contributed by atoms with Gasteiger partial charge in [-0.15, -0.1) is 0 Å². The van der Waals surface area contributed by atoms with E-state index in [-0.39, 0.29) is 0 Å². The smallest absolute Gasteiger partial charge is 0.171 e. The van der Waals surface area contributed by atoms with Crippen LogP contribution in [0.1, 0.15) is 7.79 Å². The largest absolute Gasteiger partial charge is 0.224 e. The summed E-state index contributed by atoms with van der Waals surface area (Å²) < 4.78 is 27.9. The van der Waals surface area contributed by atoms with Crippen LogP contribution < -0.4 is 0 Å². The highest BCUT2D eigenvalue weighted by atomic mass is 32.2. The van der Waals surface area contributed by atoms with E-state index < -0.39 is 15.6 Å². The molecule has 0 fully saturated rings. The molecule has 0 saturated carbocycles. The summed E-state index contributed by atoms with van der Waals surface area (Å²) in [5.41, 5.74) is -0.928. The van der Waals surface area contributed by atoms with Gasteiger partial charge in [0.15, 0.2) is 9.84 Å². The van der Waals surface area contributed by atoms with Crippen LogP contribution in [0.5, 0.6) is 0 Å². The van der Waals surface area contributed by atoms with Crippen molar-refractivity contribution in [1.29, 1.82) is 0 Å². The quantitative estimate of drug-likeness (QED) is 0.460. The summed E-state index contributed by atoms with van der Waals surface area (Å²) in [6, 6.07) is 0. The van der Waals surface area contributed by atoms with Gasteiger partial charge < -0.3 is 0 Å². The highest BCUT2D eigenvalue weighted by molar-refractivity contribution is 7.94. The van der Waals surface area contributed by atoms with Crippen molar-refractivity contribution in [2.75, 3.05) is 5.73 Å². The SMILES string of the molecule is [2H]C1CC=CS1(=O)=O. The molecule has 0 aromatic carbocycles. The first kappa shape index (κ1) is 3.66. The number of rotatable bonds is 0. The molecule has 0 radical (unpaired) electrons. The van der Waals surface area contributed by atoms with E-state index in [1.807, 2.05) is 0 Å². The van der Waals surface area contributed by atoms with Crippen molar-refractivity contribution in [3.05, 3.63) is 11.5 Å². The van der Waals surface area contributed by atoms with Crippen LogP contribution >= 0.6 is 0 Å². The Kier molecular flexibility index (Phi) is 0.697. The van der Waals surface area contributed by atoms with Gasteiger partial charge in [-0.2, -0.15) is 0 Å². The van der Waals surface area contributed by atoms with Crippen LogP contribution in [0.15, 0.2) is 11.5 Å². The van der Waals surface area contributed by atoms with E-state index in [1.54, 1.807) is 0 Å². The zero-order chi connectivity index (χ0) is 6.20. The number of sulfone groups is 1. The molecule has 0 bridgehead atoms. The zero-order valence-electron chi connectivity index (χ0n) is 4.66. The van der Waals surface area contributed by atoms with E-state index in [0.717, 1.165) is 5.41 Å². The molecule has 0 saturated heterocycles. The minimum absolute atomic E-state index is 0.350. The van der Waals surface area contributed by atoms with Crippen LogP contribution in [0, 0.1) is 0 Å². The van der Waals surface area contributed by atoms with Crippen LogP contribution in [0.25, 0.3) is 0 Å². The van der Waals surface area contributed by atoms with Gasteiger partial charge in [0.05, 0.1) is 5.73 Å². The lowest BCUT2D eigenvalue weighted by Gasteiger charge is -1.79. The predicted octanol–water partition coefficient (Wildman–Crippen LogP) is 0.319. The molecule has 2 nitrogen and oxygen atoms in total. The van der Waals surface area contributed by atoms with Gasteiger partial charge in [0.1, 0.15) is 0 Å². The van der Waals surface area contributed by atoms with Crippen molar-refractivity contribution < 1.29 is 9.79 Å². The highest BCUT2D eigenvalue weighted by Crippen LogP contribution is 2.04. The van der Waals surface area contributed by atoms with Gasteiger partial charge in [0.25, 0.3) is 0 Å². The van der Waals surface area contributed by atoms with Crippen molar-refractivity contribution in [3.63, 3.8) is 0 Å². The molecule has 0 aromatic heterocycles. The molecule has 0 aromatic rings. The summed E-state index contributed by atoms with van der Waals surface area (Å²) in [7, 11) is -3.14. The summed E-state index contributed by atoms with van der Waals surface area (Å²) in [6.07, 6.45) is 1.86. The van der Waals surface area contributed by atoms with Gasteiger partial charge in [-0.3, -0.25) is 0 Å². The maximum Gasteiger partial charge on any atom is 0.171 e. The van der Waals surface area contributed by atoms with E-state index in [9.17, 15) is 8.42 Å². The standard InChI is InChI=1S/C4H6O2S/c5-7(6)3-1-2-4-7/h1,3H,2,4H2/i4D. The molecule has 0 amide bonds. The second kappa shape index (κ2) is 1.33. The lowest BCUT2D eigenvalue weighted by Crippen LogP contribution is -1.92. The zero-order valence-corrected chi connectivity index (χ0v) is 4.48. The summed E-state index contributed by atoms with van der Waals surface area (Å²) in [6.45, 7) is 0. The maximum atomic E-state index is 10.5. The van der Waals surface area contributed by atoms with Gasteiger partial charge in [-0.05, 0) is 6.42 Å². The van der Waals surface area contributed by atoms with E-state index >= 15 is 0 Å². The molecule has 3 heteroatoms. The van der Waals surface area contributed by atoms with E-state index in [1.165, 1.54) is 6.08 Å². The number of hydrogen-bond donors (Lipinski definition) is 0. The lowest BCUT2D eigenvalue weighted by molar-refractivity contribution is 0.606. The van der Waals surface area contributed by atoms with Crippen molar-refractivity contribution >= 4 is 9.84 Å². The van der Waals surface area contributed by atoms with Gasteiger partial charge in [0.2, 0.25) is 0 Å².